The van der Waals surface area contributed by atoms with Gasteiger partial charge < -0.3 is 19.3 Å². The Morgan fingerprint density at radius 2 is 2.03 bits per heavy atom. The SMILES string of the molecule is CC(F)(F)COc1cc(C(=O)Nc2c(-c3cc(F)ccc3F)ncnc2C2CCC(F)(F)CO2)on1. The number of ether oxygens (including phenoxy) is 2. The summed E-state index contributed by atoms with van der Waals surface area (Å²) < 4.78 is 96.5. The third-order valence-corrected chi connectivity index (χ3v) is 5.06. The van der Waals surface area contributed by atoms with Crippen LogP contribution in [0.15, 0.2) is 35.1 Å². The van der Waals surface area contributed by atoms with Crippen molar-refractivity contribution in [1.29, 1.82) is 0 Å². The predicted molar refractivity (Wildman–Crippen MR) is 111 cm³/mol. The van der Waals surface area contributed by atoms with Crippen LogP contribution in [0.1, 0.15) is 42.1 Å². The first-order chi connectivity index (χ1) is 16.9. The van der Waals surface area contributed by atoms with Crippen molar-refractivity contribution in [2.75, 3.05) is 18.5 Å². The molecule has 1 aliphatic heterocycles. The standard InChI is InChI=1S/C22H18F6N4O4/c1-21(25,26)8-35-16-7-15(36-32-16)20(33)31-19-17(12-6-11(23)2-3-13(12)24)29-10-30-18(19)14-4-5-22(27,28)9-34-14/h2-3,6-7,10,14H,4-5,8-9H2,1H3,(H,31,33). The van der Waals surface area contributed by atoms with E-state index in [4.69, 9.17) is 14.0 Å². The first-order valence-corrected chi connectivity index (χ1v) is 10.5. The Morgan fingerprint density at radius 1 is 1.25 bits per heavy atom. The van der Waals surface area contributed by atoms with Crippen molar-refractivity contribution < 1.29 is 45.1 Å². The van der Waals surface area contributed by atoms with Gasteiger partial charge in [-0.3, -0.25) is 4.79 Å². The first kappa shape index (κ1) is 25.4. The van der Waals surface area contributed by atoms with Crippen LogP contribution in [0.3, 0.4) is 0 Å². The topological polar surface area (TPSA) is 99.4 Å². The number of benzene rings is 1. The molecule has 36 heavy (non-hydrogen) atoms. The van der Waals surface area contributed by atoms with E-state index < -0.39 is 66.8 Å². The molecule has 0 bridgehead atoms. The average molecular weight is 516 g/mol. The lowest BCUT2D eigenvalue weighted by atomic mass is 10.00. The summed E-state index contributed by atoms with van der Waals surface area (Å²) in [5, 5.41) is 5.76. The fourth-order valence-electron chi connectivity index (χ4n) is 3.40. The Hall–Kier alpha value is -3.68. The van der Waals surface area contributed by atoms with Crippen molar-refractivity contribution in [3.05, 3.63) is 53.7 Å². The number of carbonyl (C=O) groups excluding carboxylic acids is 1. The fourth-order valence-corrected chi connectivity index (χ4v) is 3.40. The van der Waals surface area contributed by atoms with Crippen LogP contribution in [0.5, 0.6) is 5.88 Å². The molecule has 0 aliphatic carbocycles. The molecule has 1 aliphatic rings. The van der Waals surface area contributed by atoms with Gasteiger partial charge in [0.05, 0.1) is 17.4 Å². The van der Waals surface area contributed by atoms with Crippen molar-refractivity contribution in [1.82, 2.24) is 15.1 Å². The largest absolute Gasteiger partial charge is 0.469 e. The average Bonchev–Trinajstić information content (AvgIpc) is 3.29. The Labute approximate surface area is 199 Å². The van der Waals surface area contributed by atoms with Crippen molar-refractivity contribution in [3.8, 4) is 17.1 Å². The van der Waals surface area contributed by atoms with Gasteiger partial charge in [0.25, 0.3) is 23.6 Å². The van der Waals surface area contributed by atoms with Gasteiger partial charge in [-0.05, 0) is 29.8 Å². The first-order valence-electron chi connectivity index (χ1n) is 10.5. The quantitative estimate of drug-likeness (QED) is 0.432. The number of rotatable bonds is 7. The Balaban J connectivity index is 1.69. The highest BCUT2D eigenvalue weighted by Crippen LogP contribution is 2.40. The molecular weight excluding hydrogens is 498 g/mol. The second kappa shape index (κ2) is 9.76. The third-order valence-electron chi connectivity index (χ3n) is 5.06. The molecule has 14 heteroatoms. The number of nitrogens with one attached hydrogen (secondary N) is 1. The molecule has 1 atom stereocenters. The summed E-state index contributed by atoms with van der Waals surface area (Å²) in [5.41, 5.74) is -0.912. The molecule has 1 fully saturated rings. The maximum Gasteiger partial charge on any atom is 0.294 e. The van der Waals surface area contributed by atoms with Crippen LogP contribution < -0.4 is 10.1 Å². The molecule has 2 aromatic heterocycles. The van der Waals surface area contributed by atoms with Gasteiger partial charge >= 0.3 is 0 Å². The number of hydrogen-bond donors (Lipinski definition) is 1. The summed E-state index contributed by atoms with van der Waals surface area (Å²) in [4.78, 5) is 20.9. The van der Waals surface area contributed by atoms with Gasteiger partial charge in [-0.25, -0.2) is 36.3 Å². The summed E-state index contributed by atoms with van der Waals surface area (Å²) in [6.45, 7) is -1.32. The second-order valence-electron chi connectivity index (χ2n) is 8.14. The van der Waals surface area contributed by atoms with Crippen LogP contribution in [0.4, 0.5) is 32.0 Å². The van der Waals surface area contributed by atoms with E-state index in [9.17, 15) is 31.1 Å². The van der Waals surface area contributed by atoms with Gasteiger partial charge in [-0.2, -0.15) is 0 Å². The number of amides is 1. The molecule has 0 radical (unpaired) electrons. The lowest BCUT2D eigenvalue weighted by Gasteiger charge is -2.29. The Kier molecular flexibility index (Phi) is 6.89. The van der Waals surface area contributed by atoms with E-state index in [1.807, 2.05) is 0 Å². The van der Waals surface area contributed by atoms with E-state index in [1.165, 1.54) is 0 Å². The van der Waals surface area contributed by atoms with Crippen LogP contribution in [0, 0.1) is 11.6 Å². The molecule has 1 N–H and O–H groups in total. The smallest absolute Gasteiger partial charge is 0.294 e. The van der Waals surface area contributed by atoms with Crippen LogP contribution in [-0.4, -0.2) is 46.1 Å². The van der Waals surface area contributed by atoms with Gasteiger partial charge in [-0.15, -0.1) is 0 Å². The molecule has 8 nitrogen and oxygen atoms in total. The predicted octanol–water partition coefficient (Wildman–Crippen LogP) is 5.18. The summed E-state index contributed by atoms with van der Waals surface area (Å²) in [5.74, 6) is -9.81. The molecule has 1 unspecified atom stereocenters. The lowest BCUT2D eigenvalue weighted by Crippen LogP contribution is -2.31. The highest BCUT2D eigenvalue weighted by molar-refractivity contribution is 6.04. The number of hydrogen-bond acceptors (Lipinski definition) is 7. The molecule has 1 aromatic carbocycles. The van der Waals surface area contributed by atoms with E-state index in [0.717, 1.165) is 30.6 Å². The van der Waals surface area contributed by atoms with Crippen LogP contribution in [0.25, 0.3) is 11.3 Å². The lowest BCUT2D eigenvalue weighted by molar-refractivity contribution is -0.146. The van der Waals surface area contributed by atoms with E-state index in [-0.39, 0.29) is 29.1 Å². The molecule has 0 spiro atoms. The number of anilines is 1. The van der Waals surface area contributed by atoms with E-state index >= 15 is 0 Å². The normalized spacial score (nSPS) is 17.6. The summed E-state index contributed by atoms with van der Waals surface area (Å²) in [6.07, 6.45) is -0.766. The summed E-state index contributed by atoms with van der Waals surface area (Å²) >= 11 is 0. The maximum absolute atomic E-state index is 14.6. The molecule has 192 valence electrons. The number of carbonyl (C=O) groups is 1. The van der Waals surface area contributed by atoms with Crippen molar-refractivity contribution in [2.45, 2.75) is 37.7 Å². The zero-order valence-electron chi connectivity index (χ0n) is 18.5. The maximum atomic E-state index is 14.6. The zero-order chi connectivity index (χ0) is 26.1. The number of alkyl halides is 4. The molecule has 1 saturated heterocycles. The van der Waals surface area contributed by atoms with Gasteiger partial charge in [0.15, 0.2) is 6.61 Å². The van der Waals surface area contributed by atoms with Crippen LogP contribution >= 0.6 is 0 Å². The molecule has 0 saturated carbocycles. The molecule has 1 amide bonds. The minimum Gasteiger partial charge on any atom is -0.469 e. The highest BCUT2D eigenvalue weighted by Gasteiger charge is 2.38. The minimum atomic E-state index is -3.17. The molecule has 3 aromatic rings. The zero-order valence-corrected chi connectivity index (χ0v) is 18.5. The molecular formula is C22H18F6N4O4. The van der Waals surface area contributed by atoms with Gasteiger partial charge in [-0.1, -0.05) is 0 Å². The van der Waals surface area contributed by atoms with Crippen LogP contribution in [-0.2, 0) is 4.74 Å². The highest BCUT2D eigenvalue weighted by atomic mass is 19.3. The summed E-state index contributed by atoms with van der Waals surface area (Å²) in [7, 11) is 0. The fraction of sp³-hybridized carbons (Fsp3) is 0.364. The molecule has 4 rings (SSSR count). The van der Waals surface area contributed by atoms with E-state index in [0.29, 0.717) is 6.92 Å². The monoisotopic (exact) mass is 516 g/mol. The number of aromatic nitrogens is 3. The van der Waals surface area contributed by atoms with Crippen molar-refractivity contribution in [3.63, 3.8) is 0 Å². The van der Waals surface area contributed by atoms with E-state index in [2.05, 4.69) is 20.4 Å². The minimum absolute atomic E-state index is 0.0610. The third kappa shape index (κ3) is 5.93. The van der Waals surface area contributed by atoms with Crippen molar-refractivity contribution in [2.24, 2.45) is 0 Å². The Morgan fingerprint density at radius 3 is 2.72 bits per heavy atom. The van der Waals surface area contributed by atoms with Gasteiger partial charge in [0.1, 0.15) is 36.4 Å². The van der Waals surface area contributed by atoms with Gasteiger partial charge in [0, 0.05) is 18.9 Å². The second-order valence-corrected chi connectivity index (χ2v) is 8.14. The van der Waals surface area contributed by atoms with Crippen molar-refractivity contribution >= 4 is 11.6 Å². The Bertz CT molecular complexity index is 1250. The van der Waals surface area contributed by atoms with E-state index in [1.54, 1.807) is 0 Å². The number of nitrogens with zero attached hydrogens (tertiary/aromatic N) is 3. The van der Waals surface area contributed by atoms with Crippen LogP contribution in [0.2, 0.25) is 0 Å². The van der Waals surface area contributed by atoms with Gasteiger partial charge in [0.2, 0.25) is 5.76 Å². The number of halogens is 6. The summed E-state index contributed by atoms with van der Waals surface area (Å²) in [6, 6.07) is 3.49. The molecule has 3 heterocycles.